The van der Waals surface area contributed by atoms with Gasteiger partial charge in [0.15, 0.2) is 0 Å². The molecule has 0 aliphatic rings. The summed E-state index contributed by atoms with van der Waals surface area (Å²) in [6.07, 6.45) is -0.318. The van der Waals surface area contributed by atoms with Crippen LogP contribution in [0.15, 0.2) is 60.7 Å². The minimum Gasteiger partial charge on any atom is -0.166 e. The van der Waals surface area contributed by atoms with Gasteiger partial charge in [0.25, 0.3) is 0 Å². The number of halogens is 3. The zero-order valence-corrected chi connectivity index (χ0v) is 11.1. The average Bonchev–Trinajstić information content (AvgIpc) is 2.45. The maximum absolute atomic E-state index is 12.5. The molecule has 0 spiro atoms. The molecule has 0 amide bonds. The second-order valence-corrected chi connectivity index (χ2v) is 4.68. The highest BCUT2D eigenvalue weighted by molar-refractivity contribution is 5.50. The lowest BCUT2D eigenvalue weighted by Gasteiger charge is -2.10. The van der Waals surface area contributed by atoms with Gasteiger partial charge in [-0.1, -0.05) is 61.5 Å². The fourth-order valence-electron chi connectivity index (χ4n) is 1.91. The van der Waals surface area contributed by atoms with Crippen LogP contribution in [0.5, 0.6) is 0 Å². The number of benzene rings is 2. The molecule has 1 unspecified atom stereocenters. The summed E-state index contributed by atoms with van der Waals surface area (Å²) >= 11 is 0. The first-order chi connectivity index (χ1) is 9.47. The number of alkyl halides is 3. The minimum atomic E-state index is -4.28. The van der Waals surface area contributed by atoms with E-state index in [4.69, 9.17) is 0 Å². The Morgan fingerprint density at radius 3 is 2.05 bits per heavy atom. The molecule has 2 aromatic carbocycles. The van der Waals surface area contributed by atoms with Gasteiger partial charge in [0.2, 0.25) is 0 Å². The maximum Gasteiger partial charge on any atom is 0.416 e. The maximum atomic E-state index is 12.5. The Balaban J connectivity index is 2.10. The lowest BCUT2D eigenvalue weighted by Crippen LogP contribution is -2.04. The number of hydrogen-bond acceptors (Lipinski definition) is 0. The molecule has 0 heterocycles. The van der Waals surface area contributed by atoms with Gasteiger partial charge in [-0.25, -0.2) is 0 Å². The van der Waals surface area contributed by atoms with Gasteiger partial charge in [-0.15, -0.1) is 0 Å². The van der Waals surface area contributed by atoms with Crippen molar-refractivity contribution in [3.8, 4) is 0 Å². The van der Waals surface area contributed by atoms with Gasteiger partial charge in [-0.3, -0.25) is 0 Å². The van der Waals surface area contributed by atoms with E-state index >= 15 is 0 Å². The highest BCUT2D eigenvalue weighted by Crippen LogP contribution is 2.30. The van der Waals surface area contributed by atoms with Crippen LogP contribution in [0.3, 0.4) is 0 Å². The van der Waals surface area contributed by atoms with Gasteiger partial charge in [-0.05, 0) is 29.2 Å². The van der Waals surface area contributed by atoms with Gasteiger partial charge < -0.3 is 0 Å². The summed E-state index contributed by atoms with van der Waals surface area (Å²) in [5, 5.41) is 0. The molecule has 104 valence electrons. The van der Waals surface area contributed by atoms with E-state index < -0.39 is 11.7 Å². The van der Waals surface area contributed by atoms with Crippen molar-refractivity contribution in [2.45, 2.75) is 19.0 Å². The van der Waals surface area contributed by atoms with Gasteiger partial charge >= 0.3 is 6.18 Å². The molecule has 2 aromatic rings. The predicted molar refractivity (Wildman–Crippen MR) is 75.3 cm³/mol. The first kappa shape index (κ1) is 14.4. The summed E-state index contributed by atoms with van der Waals surface area (Å²) in [4.78, 5) is 0. The van der Waals surface area contributed by atoms with E-state index in [1.807, 2.05) is 49.4 Å². The normalized spacial score (nSPS) is 13.6. The van der Waals surface area contributed by atoms with Crippen molar-refractivity contribution in [2.75, 3.05) is 0 Å². The van der Waals surface area contributed by atoms with Crippen LogP contribution in [-0.2, 0) is 6.18 Å². The van der Waals surface area contributed by atoms with Crippen molar-refractivity contribution in [3.63, 3.8) is 0 Å². The van der Waals surface area contributed by atoms with Gasteiger partial charge in [-0.2, -0.15) is 13.2 Å². The van der Waals surface area contributed by atoms with Crippen molar-refractivity contribution in [2.24, 2.45) is 0 Å². The monoisotopic (exact) mass is 276 g/mol. The third-order valence-electron chi connectivity index (χ3n) is 3.14. The Morgan fingerprint density at radius 2 is 1.50 bits per heavy atom. The summed E-state index contributed by atoms with van der Waals surface area (Å²) in [6.45, 7) is 1.96. The van der Waals surface area contributed by atoms with E-state index in [2.05, 4.69) is 0 Å². The molecule has 0 nitrogen and oxygen atoms in total. The van der Waals surface area contributed by atoms with Crippen LogP contribution in [0, 0.1) is 0 Å². The van der Waals surface area contributed by atoms with Gasteiger partial charge in [0.05, 0.1) is 5.56 Å². The van der Waals surface area contributed by atoms with E-state index in [9.17, 15) is 13.2 Å². The second kappa shape index (κ2) is 5.95. The molecule has 0 N–H and O–H groups in total. The van der Waals surface area contributed by atoms with Crippen molar-refractivity contribution in [3.05, 3.63) is 77.4 Å². The van der Waals surface area contributed by atoms with Crippen molar-refractivity contribution in [1.82, 2.24) is 0 Å². The number of rotatable bonds is 3. The third-order valence-corrected chi connectivity index (χ3v) is 3.14. The predicted octanol–water partition coefficient (Wildman–Crippen LogP) is 5.52. The number of allylic oxidation sites excluding steroid dienone is 1. The zero-order chi connectivity index (χ0) is 14.6. The average molecular weight is 276 g/mol. The van der Waals surface area contributed by atoms with E-state index in [0.717, 1.165) is 23.3 Å². The van der Waals surface area contributed by atoms with Crippen molar-refractivity contribution >= 4 is 6.08 Å². The summed E-state index contributed by atoms with van der Waals surface area (Å²) in [5.74, 6) is 0.0671. The molecule has 0 bridgehead atoms. The molecule has 0 fully saturated rings. The Hall–Kier alpha value is -2.03. The molecule has 0 aromatic heterocycles. The first-order valence-electron chi connectivity index (χ1n) is 6.37. The van der Waals surface area contributed by atoms with Crippen molar-refractivity contribution in [1.29, 1.82) is 0 Å². The lowest BCUT2D eigenvalue weighted by atomic mass is 9.98. The summed E-state index contributed by atoms with van der Waals surface area (Å²) in [7, 11) is 0. The van der Waals surface area contributed by atoms with Crippen LogP contribution in [0.2, 0.25) is 0 Å². The quantitative estimate of drug-likeness (QED) is 0.692. The minimum absolute atomic E-state index is 0.0671. The van der Waals surface area contributed by atoms with E-state index in [-0.39, 0.29) is 5.92 Å². The molecule has 0 saturated heterocycles. The van der Waals surface area contributed by atoms with Crippen LogP contribution in [0.1, 0.15) is 29.5 Å². The van der Waals surface area contributed by atoms with Crippen LogP contribution < -0.4 is 0 Å². The van der Waals surface area contributed by atoms with Gasteiger partial charge in [0.1, 0.15) is 0 Å². The topological polar surface area (TPSA) is 0 Å². The van der Waals surface area contributed by atoms with Crippen LogP contribution in [0.4, 0.5) is 13.2 Å². The molecule has 0 radical (unpaired) electrons. The summed E-state index contributed by atoms with van der Waals surface area (Å²) < 4.78 is 37.4. The molecule has 1 atom stereocenters. The largest absolute Gasteiger partial charge is 0.416 e. The Bertz CT molecular complexity index is 565. The second-order valence-electron chi connectivity index (χ2n) is 4.68. The first-order valence-corrected chi connectivity index (χ1v) is 6.37. The molecular weight excluding hydrogens is 261 g/mol. The fourth-order valence-corrected chi connectivity index (χ4v) is 1.91. The van der Waals surface area contributed by atoms with Gasteiger partial charge in [0, 0.05) is 0 Å². The van der Waals surface area contributed by atoms with E-state index in [1.54, 1.807) is 0 Å². The molecule has 20 heavy (non-hydrogen) atoms. The molecule has 0 saturated carbocycles. The van der Waals surface area contributed by atoms with Crippen LogP contribution in [0.25, 0.3) is 6.08 Å². The van der Waals surface area contributed by atoms with Crippen LogP contribution in [-0.4, -0.2) is 0 Å². The van der Waals surface area contributed by atoms with E-state index in [0.29, 0.717) is 0 Å². The highest BCUT2D eigenvalue weighted by atomic mass is 19.4. The van der Waals surface area contributed by atoms with E-state index in [1.165, 1.54) is 12.1 Å². The lowest BCUT2D eigenvalue weighted by molar-refractivity contribution is -0.137. The molecule has 0 aliphatic carbocycles. The Labute approximate surface area is 116 Å². The molecule has 2 rings (SSSR count). The number of hydrogen-bond donors (Lipinski definition) is 0. The Morgan fingerprint density at radius 1 is 0.900 bits per heavy atom. The smallest absolute Gasteiger partial charge is 0.166 e. The molecule has 0 aliphatic heterocycles. The standard InChI is InChI=1S/C17H15F3/c1-13(7-8-14-5-3-2-4-6-14)15-9-11-16(12-10-15)17(18,19)20/h2-13H,1H3/b8-7+. The molecule has 3 heteroatoms. The zero-order valence-electron chi connectivity index (χ0n) is 11.1. The Kier molecular flexibility index (Phi) is 4.28. The fraction of sp³-hybridized carbons (Fsp3) is 0.176. The summed E-state index contributed by atoms with van der Waals surface area (Å²) in [5.41, 5.74) is 1.33. The SMILES string of the molecule is CC(/C=C/c1ccccc1)c1ccc(C(F)(F)F)cc1. The highest BCUT2D eigenvalue weighted by Gasteiger charge is 2.29. The van der Waals surface area contributed by atoms with Crippen molar-refractivity contribution < 1.29 is 13.2 Å². The third kappa shape index (κ3) is 3.73. The summed E-state index contributed by atoms with van der Waals surface area (Å²) in [6, 6.07) is 15.1. The van der Waals surface area contributed by atoms with Crippen LogP contribution >= 0.6 is 0 Å². The molecular formula is C17H15F3.